The van der Waals surface area contributed by atoms with E-state index in [1.54, 1.807) is 4.90 Å². The van der Waals surface area contributed by atoms with Crippen LogP contribution in [0.3, 0.4) is 0 Å². The molecule has 1 amide bonds. The highest BCUT2D eigenvalue weighted by atomic mass is 19.1. The molecular weight excluding hydrogens is 245 g/mol. The van der Waals surface area contributed by atoms with Crippen LogP contribution in [0.25, 0.3) is 0 Å². The van der Waals surface area contributed by atoms with Crippen LogP contribution in [0.2, 0.25) is 0 Å². The average molecular weight is 263 g/mol. The van der Waals surface area contributed by atoms with E-state index in [0.717, 1.165) is 12.8 Å². The van der Waals surface area contributed by atoms with Gasteiger partial charge in [-0.3, -0.25) is 9.69 Å². The Balaban J connectivity index is 2.82. The zero-order chi connectivity index (χ0) is 14.3. The molecule has 0 fully saturated rings. The van der Waals surface area contributed by atoms with Gasteiger partial charge in [0.1, 0.15) is 5.82 Å². The Kier molecular flexibility index (Phi) is 5.97. The number of benzene rings is 1. The SMILES string of the molecule is CCCCN(CC(N)=O)Cc1cc(C#N)ccc1F. The Bertz CT molecular complexity index is 482. The molecule has 0 unspecified atom stereocenters. The highest BCUT2D eigenvalue weighted by molar-refractivity contribution is 5.75. The summed E-state index contributed by atoms with van der Waals surface area (Å²) < 4.78 is 13.7. The van der Waals surface area contributed by atoms with Gasteiger partial charge in [-0.15, -0.1) is 0 Å². The largest absolute Gasteiger partial charge is 0.369 e. The third kappa shape index (κ3) is 5.06. The molecule has 1 aromatic carbocycles. The van der Waals surface area contributed by atoms with Crippen LogP contribution in [-0.4, -0.2) is 23.9 Å². The second-order valence-electron chi connectivity index (χ2n) is 4.45. The molecule has 0 aliphatic heterocycles. The van der Waals surface area contributed by atoms with Crippen molar-refractivity contribution in [3.05, 3.63) is 35.1 Å². The van der Waals surface area contributed by atoms with Crippen molar-refractivity contribution >= 4 is 5.91 Å². The lowest BCUT2D eigenvalue weighted by atomic mass is 10.1. The van der Waals surface area contributed by atoms with Gasteiger partial charge in [-0.1, -0.05) is 13.3 Å². The molecule has 2 N–H and O–H groups in total. The zero-order valence-corrected chi connectivity index (χ0v) is 11.0. The monoisotopic (exact) mass is 263 g/mol. The van der Waals surface area contributed by atoms with Gasteiger partial charge in [-0.25, -0.2) is 4.39 Å². The Hall–Kier alpha value is -1.93. The summed E-state index contributed by atoms with van der Waals surface area (Å²) in [6.07, 6.45) is 1.89. The molecule has 19 heavy (non-hydrogen) atoms. The van der Waals surface area contributed by atoms with Gasteiger partial charge in [0.15, 0.2) is 0 Å². The molecular formula is C14H18FN3O. The predicted octanol–water partition coefficient (Wildman–Crippen LogP) is 1.78. The van der Waals surface area contributed by atoms with Crippen LogP contribution >= 0.6 is 0 Å². The normalized spacial score (nSPS) is 10.4. The number of carbonyl (C=O) groups is 1. The van der Waals surface area contributed by atoms with E-state index in [1.165, 1.54) is 18.2 Å². The second-order valence-corrected chi connectivity index (χ2v) is 4.45. The van der Waals surface area contributed by atoms with Crippen molar-refractivity contribution in [2.75, 3.05) is 13.1 Å². The van der Waals surface area contributed by atoms with Gasteiger partial charge < -0.3 is 5.73 Å². The number of halogens is 1. The molecule has 0 aliphatic carbocycles. The number of nitrogens with zero attached hydrogens (tertiary/aromatic N) is 2. The van der Waals surface area contributed by atoms with Crippen molar-refractivity contribution in [3.63, 3.8) is 0 Å². The maximum atomic E-state index is 13.7. The lowest BCUT2D eigenvalue weighted by Gasteiger charge is -2.20. The van der Waals surface area contributed by atoms with Crippen molar-refractivity contribution in [1.29, 1.82) is 5.26 Å². The Morgan fingerprint density at radius 3 is 2.84 bits per heavy atom. The molecule has 0 aromatic heterocycles. The van der Waals surface area contributed by atoms with E-state index < -0.39 is 5.91 Å². The standard InChI is InChI=1S/C14H18FN3O/c1-2-3-6-18(10-14(17)19)9-12-7-11(8-16)4-5-13(12)15/h4-5,7H,2-3,6,9-10H2,1H3,(H2,17,19). The van der Waals surface area contributed by atoms with E-state index >= 15 is 0 Å². The second kappa shape index (κ2) is 7.49. The summed E-state index contributed by atoms with van der Waals surface area (Å²) in [5, 5.41) is 8.81. The van der Waals surface area contributed by atoms with Crippen molar-refractivity contribution in [2.45, 2.75) is 26.3 Å². The number of primary amides is 1. The average Bonchev–Trinajstić information content (AvgIpc) is 2.37. The molecule has 0 saturated carbocycles. The number of unbranched alkanes of at least 4 members (excludes halogenated alkanes) is 1. The van der Waals surface area contributed by atoms with Crippen LogP contribution in [0.1, 0.15) is 30.9 Å². The van der Waals surface area contributed by atoms with Crippen molar-refractivity contribution in [2.24, 2.45) is 5.73 Å². The molecule has 0 heterocycles. The van der Waals surface area contributed by atoms with Crippen LogP contribution in [0.5, 0.6) is 0 Å². The molecule has 0 atom stereocenters. The van der Waals surface area contributed by atoms with Crippen LogP contribution in [0, 0.1) is 17.1 Å². The molecule has 5 heteroatoms. The molecule has 1 aromatic rings. The first-order chi connectivity index (χ1) is 9.06. The first-order valence-corrected chi connectivity index (χ1v) is 6.26. The summed E-state index contributed by atoms with van der Waals surface area (Å²) in [4.78, 5) is 12.8. The van der Waals surface area contributed by atoms with Crippen LogP contribution in [0.4, 0.5) is 4.39 Å². The molecule has 0 spiro atoms. The van der Waals surface area contributed by atoms with Crippen LogP contribution in [-0.2, 0) is 11.3 Å². The summed E-state index contributed by atoms with van der Waals surface area (Å²) in [5.41, 5.74) is 6.01. The highest BCUT2D eigenvalue weighted by Crippen LogP contribution is 2.13. The summed E-state index contributed by atoms with van der Waals surface area (Å²) in [7, 11) is 0. The Morgan fingerprint density at radius 1 is 1.53 bits per heavy atom. The fourth-order valence-corrected chi connectivity index (χ4v) is 1.82. The fourth-order valence-electron chi connectivity index (χ4n) is 1.82. The number of hydrogen-bond donors (Lipinski definition) is 1. The maximum Gasteiger partial charge on any atom is 0.231 e. The molecule has 1 rings (SSSR count). The van der Waals surface area contributed by atoms with E-state index in [0.29, 0.717) is 17.7 Å². The van der Waals surface area contributed by atoms with Crippen molar-refractivity contribution < 1.29 is 9.18 Å². The molecule has 0 aliphatic rings. The lowest BCUT2D eigenvalue weighted by Crippen LogP contribution is -2.34. The minimum absolute atomic E-state index is 0.0935. The van der Waals surface area contributed by atoms with Gasteiger partial charge in [-0.2, -0.15) is 5.26 Å². The zero-order valence-electron chi connectivity index (χ0n) is 11.0. The fraction of sp³-hybridized carbons (Fsp3) is 0.429. The van der Waals surface area contributed by atoms with Crippen molar-refractivity contribution in [1.82, 2.24) is 4.90 Å². The molecule has 0 radical (unpaired) electrons. The lowest BCUT2D eigenvalue weighted by molar-refractivity contribution is -0.119. The minimum atomic E-state index is -0.437. The first-order valence-electron chi connectivity index (χ1n) is 6.26. The highest BCUT2D eigenvalue weighted by Gasteiger charge is 2.12. The third-order valence-electron chi connectivity index (χ3n) is 2.78. The summed E-state index contributed by atoms with van der Waals surface area (Å²) in [6, 6.07) is 6.19. The smallest absolute Gasteiger partial charge is 0.231 e. The number of rotatable bonds is 7. The number of hydrogen-bond acceptors (Lipinski definition) is 3. The van der Waals surface area contributed by atoms with Gasteiger partial charge in [0.05, 0.1) is 18.2 Å². The van der Waals surface area contributed by atoms with Crippen LogP contribution < -0.4 is 5.73 Å². The van der Waals surface area contributed by atoms with Gasteiger partial charge in [0, 0.05) is 12.1 Å². The first kappa shape index (κ1) is 15.1. The van der Waals surface area contributed by atoms with E-state index in [4.69, 9.17) is 11.0 Å². The number of amides is 1. The quantitative estimate of drug-likeness (QED) is 0.815. The Labute approximate surface area is 112 Å². The maximum absolute atomic E-state index is 13.7. The summed E-state index contributed by atoms with van der Waals surface area (Å²) in [6.45, 7) is 3.09. The van der Waals surface area contributed by atoms with Crippen LogP contribution in [0.15, 0.2) is 18.2 Å². The van der Waals surface area contributed by atoms with E-state index in [2.05, 4.69) is 0 Å². The van der Waals surface area contributed by atoms with E-state index in [1.807, 2.05) is 13.0 Å². The summed E-state index contributed by atoms with van der Waals surface area (Å²) >= 11 is 0. The number of carbonyl (C=O) groups excluding carboxylic acids is 1. The molecule has 0 bridgehead atoms. The van der Waals surface area contributed by atoms with Crippen molar-refractivity contribution in [3.8, 4) is 6.07 Å². The van der Waals surface area contributed by atoms with E-state index in [9.17, 15) is 9.18 Å². The molecule has 4 nitrogen and oxygen atoms in total. The topological polar surface area (TPSA) is 70.1 Å². The number of nitriles is 1. The van der Waals surface area contributed by atoms with Gasteiger partial charge in [0.25, 0.3) is 0 Å². The number of nitrogens with two attached hydrogens (primary N) is 1. The molecule has 0 saturated heterocycles. The summed E-state index contributed by atoms with van der Waals surface area (Å²) in [5.74, 6) is -0.807. The van der Waals surface area contributed by atoms with Gasteiger partial charge in [-0.05, 0) is 31.2 Å². The predicted molar refractivity (Wildman–Crippen MR) is 70.5 cm³/mol. The third-order valence-corrected chi connectivity index (χ3v) is 2.78. The minimum Gasteiger partial charge on any atom is -0.369 e. The van der Waals surface area contributed by atoms with E-state index in [-0.39, 0.29) is 18.9 Å². The molecule has 102 valence electrons. The van der Waals surface area contributed by atoms with Gasteiger partial charge in [0.2, 0.25) is 5.91 Å². The Morgan fingerprint density at radius 2 is 2.26 bits per heavy atom. The van der Waals surface area contributed by atoms with Gasteiger partial charge >= 0.3 is 0 Å².